The Kier molecular flexibility index (Phi) is 6.22. The third-order valence-corrected chi connectivity index (χ3v) is 3.21. The fourth-order valence-electron chi connectivity index (χ4n) is 2.02. The highest BCUT2D eigenvalue weighted by atomic mass is 16.5. The maximum absolute atomic E-state index is 11.9. The minimum atomic E-state index is -0.804. The number of carbonyl (C=O) groups is 2. The number of benzene rings is 2. The molecule has 0 radical (unpaired) electrons. The van der Waals surface area contributed by atoms with Crippen LogP contribution >= 0.6 is 0 Å². The SMILES string of the molecule is CCOc1ccc(NC(=O)COC(=O)c2ccc(OC)cc2O)cc1. The van der Waals surface area contributed by atoms with Crippen molar-refractivity contribution in [1.82, 2.24) is 0 Å². The lowest BCUT2D eigenvalue weighted by Gasteiger charge is -2.09. The van der Waals surface area contributed by atoms with Gasteiger partial charge in [0.1, 0.15) is 22.8 Å². The summed E-state index contributed by atoms with van der Waals surface area (Å²) >= 11 is 0. The van der Waals surface area contributed by atoms with E-state index >= 15 is 0 Å². The first kappa shape index (κ1) is 18.1. The van der Waals surface area contributed by atoms with Gasteiger partial charge in [-0.2, -0.15) is 0 Å². The van der Waals surface area contributed by atoms with Gasteiger partial charge in [0, 0.05) is 11.8 Å². The maximum Gasteiger partial charge on any atom is 0.342 e. The predicted octanol–water partition coefficient (Wildman–Crippen LogP) is 2.60. The van der Waals surface area contributed by atoms with Crippen LogP contribution in [-0.2, 0) is 9.53 Å². The summed E-state index contributed by atoms with van der Waals surface area (Å²) in [5.41, 5.74) is 0.506. The number of amides is 1. The molecule has 132 valence electrons. The van der Waals surface area contributed by atoms with Gasteiger partial charge >= 0.3 is 5.97 Å². The Labute approximate surface area is 145 Å². The number of rotatable bonds is 7. The summed E-state index contributed by atoms with van der Waals surface area (Å²) in [4.78, 5) is 23.8. The number of esters is 1. The third kappa shape index (κ3) is 5.13. The molecule has 0 aromatic heterocycles. The number of ether oxygens (including phenoxy) is 3. The van der Waals surface area contributed by atoms with Crippen molar-refractivity contribution >= 4 is 17.6 Å². The van der Waals surface area contributed by atoms with Crippen LogP contribution < -0.4 is 14.8 Å². The molecule has 2 aromatic carbocycles. The molecular formula is C18H19NO6. The van der Waals surface area contributed by atoms with Crippen molar-refractivity contribution in [3.8, 4) is 17.2 Å². The van der Waals surface area contributed by atoms with Gasteiger partial charge < -0.3 is 24.6 Å². The van der Waals surface area contributed by atoms with Gasteiger partial charge in [0.15, 0.2) is 6.61 Å². The van der Waals surface area contributed by atoms with Crippen molar-refractivity contribution in [1.29, 1.82) is 0 Å². The molecule has 2 aromatic rings. The van der Waals surface area contributed by atoms with Crippen LogP contribution in [0.4, 0.5) is 5.69 Å². The molecule has 0 aliphatic rings. The van der Waals surface area contributed by atoms with Gasteiger partial charge in [0.05, 0.1) is 13.7 Å². The van der Waals surface area contributed by atoms with Crippen LogP contribution in [0.25, 0.3) is 0 Å². The highest BCUT2D eigenvalue weighted by Gasteiger charge is 2.15. The summed E-state index contributed by atoms with van der Waals surface area (Å²) in [6, 6.07) is 11.0. The average Bonchev–Trinajstić information content (AvgIpc) is 2.61. The predicted molar refractivity (Wildman–Crippen MR) is 91.2 cm³/mol. The second-order valence-corrected chi connectivity index (χ2v) is 4.96. The van der Waals surface area contributed by atoms with Crippen molar-refractivity contribution < 1.29 is 28.9 Å². The normalized spacial score (nSPS) is 10.0. The molecule has 1 amide bonds. The number of phenols is 1. The minimum absolute atomic E-state index is 0.0466. The summed E-state index contributed by atoms with van der Waals surface area (Å²) < 4.78 is 15.1. The molecule has 0 aliphatic heterocycles. The fourth-order valence-corrected chi connectivity index (χ4v) is 2.02. The van der Waals surface area contributed by atoms with Crippen LogP contribution in [0.3, 0.4) is 0 Å². The summed E-state index contributed by atoms with van der Waals surface area (Å²) in [5.74, 6) is -0.479. The van der Waals surface area contributed by atoms with Crippen LogP contribution in [0, 0.1) is 0 Å². The molecule has 0 saturated heterocycles. The number of aromatic hydroxyl groups is 1. The van der Waals surface area contributed by atoms with E-state index in [9.17, 15) is 14.7 Å². The Hall–Kier alpha value is -3.22. The largest absolute Gasteiger partial charge is 0.507 e. The standard InChI is InChI=1S/C18H19NO6/c1-3-24-13-6-4-12(5-7-13)19-17(21)11-25-18(22)15-9-8-14(23-2)10-16(15)20/h4-10,20H,3,11H2,1-2H3,(H,19,21). The lowest BCUT2D eigenvalue weighted by atomic mass is 10.2. The quantitative estimate of drug-likeness (QED) is 0.749. The van der Waals surface area contributed by atoms with Gasteiger partial charge in [-0.25, -0.2) is 4.79 Å². The van der Waals surface area contributed by atoms with Gasteiger partial charge in [0.25, 0.3) is 5.91 Å². The second kappa shape index (κ2) is 8.58. The van der Waals surface area contributed by atoms with Crippen LogP contribution in [0.5, 0.6) is 17.2 Å². The lowest BCUT2D eigenvalue weighted by molar-refractivity contribution is -0.119. The van der Waals surface area contributed by atoms with Gasteiger partial charge in [0.2, 0.25) is 0 Å². The topological polar surface area (TPSA) is 94.1 Å². The van der Waals surface area contributed by atoms with E-state index in [2.05, 4.69) is 5.32 Å². The molecule has 0 heterocycles. The molecule has 0 aliphatic carbocycles. The van der Waals surface area contributed by atoms with Crippen LogP contribution in [0.1, 0.15) is 17.3 Å². The highest BCUT2D eigenvalue weighted by Crippen LogP contribution is 2.24. The van der Waals surface area contributed by atoms with Crippen molar-refractivity contribution in [2.24, 2.45) is 0 Å². The van der Waals surface area contributed by atoms with E-state index < -0.39 is 18.5 Å². The number of phenolic OH excluding ortho intramolecular Hbond substituents is 1. The molecule has 0 unspecified atom stereocenters. The molecule has 0 atom stereocenters. The zero-order valence-electron chi connectivity index (χ0n) is 13.9. The number of anilines is 1. The monoisotopic (exact) mass is 345 g/mol. The molecule has 25 heavy (non-hydrogen) atoms. The molecule has 0 fully saturated rings. The van der Waals surface area contributed by atoms with Gasteiger partial charge in [-0.15, -0.1) is 0 Å². The summed E-state index contributed by atoms with van der Waals surface area (Å²) in [6.45, 7) is 1.96. The number of hydrogen-bond donors (Lipinski definition) is 2. The van der Waals surface area contributed by atoms with E-state index in [1.54, 1.807) is 24.3 Å². The fraction of sp³-hybridized carbons (Fsp3) is 0.222. The van der Waals surface area contributed by atoms with Gasteiger partial charge in [-0.05, 0) is 43.3 Å². The molecule has 7 nitrogen and oxygen atoms in total. The van der Waals surface area contributed by atoms with E-state index in [4.69, 9.17) is 14.2 Å². The first-order chi connectivity index (χ1) is 12.0. The zero-order valence-corrected chi connectivity index (χ0v) is 13.9. The highest BCUT2D eigenvalue weighted by molar-refractivity contribution is 5.96. The number of methoxy groups -OCH3 is 1. The van der Waals surface area contributed by atoms with Gasteiger partial charge in [-0.3, -0.25) is 4.79 Å². The molecular weight excluding hydrogens is 326 g/mol. The van der Waals surface area contributed by atoms with Crippen LogP contribution in [0.15, 0.2) is 42.5 Å². The Morgan fingerprint density at radius 2 is 1.76 bits per heavy atom. The number of nitrogens with one attached hydrogen (secondary N) is 1. The zero-order chi connectivity index (χ0) is 18.2. The van der Waals surface area contributed by atoms with Crippen LogP contribution in [-0.4, -0.2) is 37.3 Å². The Balaban J connectivity index is 1.87. The van der Waals surface area contributed by atoms with Crippen molar-refractivity contribution in [3.05, 3.63) is 48.0 Å². The van der Waals surface area contributed by atoms with E-state index in [1.807, 2.05) is 6.92 Å². The van der Waals surface area contributed by atoms with E-state index in [1.165, 1.54) is 25.3 Å². The van der Waals surface area contributed by atoms with E-state index in [0.717, 1.165) is 0 Å². The third-order valence-electron chi connectivity index (χ3n) is 3.21. The Bertz CT molecular complexity index is 742. The van der Waals surface area contributed by atoms with E-state index in [0.29, 0.717) is 23.8 Å². The van der Waals surface area contributed by atoms with E-state index in [-0.39, 0.29) is 11.3 Å². The summed E-state index contributed by atoms with van der Waals surface area (Å²) in [5, 5.41) is 12.4. The number of hydrogen-bond acceptors (Lipinski definition) is 6. The molecule has 0 spiro atoms. The molecule has 0 saturated carbocycles. The summed E-state index contributed by atoms with van der Waals surface area (Å²) in [7, 11) is 1.44. The minimum Gasteiger partial charge on any atom is -0.507 e. The van der Waals surface area contributed by atoms with Crippen LogP contribution in [0.2, 0.25) is 0 Å². The first-order valence-corrected chi connectivity index (χ1v) is 7.60. The lowest BCUT2D eigenvalue weighted by Crippen LogP contribution is -2.21. The molecule has 0 bridgehead atoms. The maximum atomic E-state index is 11.9. The molecule has 7 heteroatoms. The molecule has 2 rings (SSSR count). The summed E-state index contributed by atoms with van der Waals surface area (Å²) in [6.07, 6.45) is 0. The Morgan fingerprint density at radius 1 is 1.08 bits per heavy atom. The van der Waals surface area contributed by atoms with Gasteiger partial charge in [-0.1, -0.05) is 0 Å². The Morgan fingerprint density at radius 3 is 2.36 bits per heavy atom. The van der Waals surface area contributed by atoms with Crippen molar-refractivity contribution in [2.45, 2.75) is 6.92 Å². The second-order valence-electron chi connectivity index (χ2n) is 4.96. The number of carbonyl (C=O) groups excluding carboxylic acids is 2. The smallest absolute Gasteiger partial charge is 0.342 e. The van der Waals surface area contributed by atoms with Crippen molar-refractivity contribution in [3.63, 3.8) is 0 Å². The molecule has 2 N–H and O–H groups in total. The van der Waals surface area contributed by atoms with Crippen molar-refractivity contribution in [2.75, 3.05) is 25.6 Å². The average molecular weight is 345 g/mol. The first-order valence-electron chi connectivity index (χ1n) is 7.60.